The summed E-state index contributed by atoms with van der Waals surface area (Å²) in [6, 6.07) is 3.54. The highest BCUT2D eigenvalue weighted by Crippen LogP contribution is 2.29. The van der Waals surface area contributed by atoms with Crippen LogP contribution in [0.25, 0.3) is 0 Å². The summed E-state index contributed by atoms with van der Waals surface area (Å²) in [5.74, 6) is -0.0940. The maximum absolute atomic E-state index is 12.2. The van der Waals surface area contributed by atoms with E-state index in [-0.39, 0.29) is 18.0 Å². The van der Waals surface area contributed by atoms with E-state index < -0.39 is 6.10 Å². The topological polar surface area (TPSA) is 67.2 Å². The summed E-state index contributed by atoms with van der Waals surface area (Å²) in [7, 11) is 0. The summed E-state index contributed by atoms with van der Waals surface area (Å²) in [5.41, 5.74) is 0. The summed E-state index contributed by atoms with van der Waals surface area (Å²) in [6.45, 7) is 1.98. The molecular formula is C15H19N3O2S. The molecule has 1 saturated carbocycles. The first-order valence-corrected chi connectivity index (χ1v) is 7.99. The molecule has 1 aliphatic rings. The molecule has 0 bridgehead atoms. The van der Waals surface area contributed by atoms with Crippen LogP contribution in [0.4, 0.5) is 0 Å². The predicted molar refractivity (Wildman–Crippen MR) is 81.4 cm³/mol. The van der Waals surface area contributed by atoms with E-state index in [1.54, 1.807) is 12.5 Å². The summed E-state index contributed by atoms with van der Waals surface area (Å²) in [5, 5.41) is 13.5. The van der Waals surface area contributed by atoms with Crippen LogP contribution in [0.3, 0.4) is 0 Å². The molecule has 21 heavy (non-hydrogen) atoms. The molecule has 5 nitrogen and oxygen atoms in total. The minimum atomic E-state index is -0.585. The molecule has 2 aromatic rings. The highest BCUT2D eigenvalue weighted by molar-refractivity contribution is 7.13. The monoisotopic (exact) mass is 305 g/mol. The third-order valence-electron chi connectivity index (χ3n) is 4.01. The summed E-state index contributed by atoms with van der Waals surface area (Å²) in [6.07, 6.45) is 7.40. The number of imidazole rings is 1. The first kappa shape index (κ1) is 14.3. The molecule has 1 amide bonds. The number of aryl methyl sites for hydroxylation is 1. The third-order valence-corrected chi connectivity index (χ3v) is 5.01. The SMILES string of the molecule is Cc1ccc(C(=O)N[C@@H]2CCC[C@@H](n3ccnc3)[C@@H]2O)s1. The van der Waals surface area contributed by atoms with Gasteiger partial charge in [-0.2, -0.15) is 0 Å². The molecule has 112 valence electrons. The minimum Gasteiger partial charge on any atom is -0.389 e. The Morgan fingerprint density at radius 3 is 3.00 bits per heavy atom. The van der Waals surface area contributed by atoms with Crippen LogP contribution < -0.4 is 5.32 Å². The Bertz CT molecular complexity index is 608. The Kier molecular flexibility index (Phi) is 4.07. The van der Waals surface area contributed by atoms with Gasteiger partial charge in [0.1, 0.15) is 0 Å². The molecular weight excluding hydrogens is 286 g/mol. The Labute approximate surface area is 127 Å². The van der Waals surface area contributed by atoms with Crippen molar-refractivity contribution in [3.63, 3.8) is 0 Å². The quantitative estimate of drug-likeness (QED) is 0.913. The lowest BCUT2D eigenvalue weighted by Crippen LogP contribution is -2.49. The number of hydrogen-bond acceptors (Lipinski definition) is 4. The Balaban J connectivity index is 1.69. The lowest BCUT2D eigenvalue weighted by atomic mass is 9.88. The maximum atomic E-state index is 12.2. The van der Waals surface area contributed by atoms with Crippen molar-refractivity contribution < 1.29 is 9.90 Å². The van der Waals surface area contributed by atoms with Crippen LogP contribution in [0, 0.1) is 6.92 Å². The second kappa shape index (κ2) is 5.99. The second-order valence-electron chi connectivity index (χ2n) is 5.49. The highest BCUT2D eigenvalue weighted by Gasteiger charge is 2.33. The van der Waals surface area contributed by atoms with Crippen LogP contribution in [-0.2, 0) is 0 Å². The molecule has 2 N–H and O–H groups in total. The number of carbonyl (C=O) groups is 1. The van der Waals surface area contributed by atoms with E-state index in [0.29, 0.717) is 4.88 Å². The van der Waals surface area contributed by atoms with Gasteiger partial charge in [0.15, 0.2) is 0 Å². The Hall–Kier alpha value is -1.66. The molecule has 0 spiro atoms. The molecule has 0 radical (unpaired) electrons. The summed E-state index contributed by atoms with van der Waals surface area (Å²) in [4.78, 5) is 18.1. The van der Waals surface area contributed by atoms with Crippen LogP contribution in [0.2, 0.25) is 0 Å². The van der Waals surface area contributed by atoms with Crippen molar-refractivity contribution in [3.8, 4) is 0 Å². The molecule has 0 aromatic carbocycles. The fourth-order valence-electron chi connectivity index (χ4n) is 2.90. The van der Waals surface area contributed by atoms with Crippen LogP contribution in [-0.4, -0.2) is 32.7 Å². The van der Waals surface area contributed by atoms with Gasteiger partial charge in [-0.05, 0) is 38.3 Å². The van der Waals surface area contributed by atoms with Gasteiger partial charge in [-0.15, -0.1) is 11.3 Å². The molecule has 1 aliphatic carbocycles. The lowest BCUT2D eigenvalue weighted by Gasteiger charge is -2.35. The molecule has 2 aromatic heterocycles. The zero-order chi connectivity index (χ0) is 14.8. The standard InChI is InChI=1S/C15H19N3O2S/c1-10-5-6-13(21-10)15(20)17-11-3-2-4-12(14(11)19)18-8-7-16-9-18/h5-9,11-12,14,19H,2-4H2,1H3,(H,17,20)/t11-,12-,14-/m1/s1. The van der Waals surface area contributed by atoms with Gasteiger partial charge < -0.3 is 15.0 Å². The van der Waals surface area contributed by atoms with Gasteiger partial charge in [0.2, 0.25) is 0 Å². The number of amides is 1. The van der Waals surface area contributed by atoms with Crippen LogP contribution in [0.15, 0.2) is 30.9 Å². The van der Waals surface area contributed by atoms with E-state index >= 15 is 0 Å². The van der Waals surface area contributed by atoms with E-state index in [2.05, 4.69) is 10.3 Å². The minimum absolute atomic E-state index is 0.0170. The number of thiophene rings is 1. The number of carbonyl (C=O) groups excluding carboxylic acids is 1. The summed E-state index contributed by atoms with van der Waals surface area (Å²) >= 11 is 1.48. The number of nitrogens with one attached hydrogen (secondary N) is 1. The van der Waals surface area contributed by atoms with Crippen molar-refractivity contribution in [2.24, 2.45) is 0 Å². The molecule has 0 unspecified atom stereocenters. The zero-order valence-corrected chi connectivity index (χ0v) is 12.7. The predicted octanol–water partition coefficient (Wildman–Crippen LogP) is 2.14. The number of aromatic nitrogens is 2. The molecule has 2 heterocycles. The fourth-order valence-corrected chi connectivity index (χ4v) is 3.67. The van der Waals surface area contributed by atoms with Crippen molar-refractivity contribution in [3.05, 3.63) is 40.6 Å². The highest BCUT2D eigenvalue weighted by atomic mass is 32.1. The van der Waals surface area contributed by atoms with Gasteiger partial charge in [-0.1, -0.05) is 0 Å². The zero-order valence-electron chi connectivity index (χ0n) is 11.9. The van der Waals surface area contributed by atoms with E-state index in [9.17, 15) is 9.90 Å². The van der Waals surface area contributed by atoms with Gasteiger partial charge >= 0.3 is 0 Å². The van der Waals surface area contributed by atoms with Crippen molar-refractivity contribution >= 4 is 17.2 Å². The molecule has 3 rings (SSSR count). The number of aliphatic hydroxyl groups excluding tert-OH is 1. The number of hydrogen-bond donors (Lipinski definition) is 2. The molecule has 0 saturated heterocycles. The van der Waals surface area contributed by atoms with Crippen molar-refractivity contribution in [2.45, 2.75) is 44.4 Å². The molecule has 0 aliphatic heterocycles. The van der Waals surface area contributed by atoms with Gasteiger partial charge in [0.05, 0.1) is 29.4 Å². The van der Waals surface area contributed by atoms with E-state index in [4.69, 9.17) is 0 Å². The van der Waals surface area contributed by atoms with Crippen molar-refractivity contribution in [1.29, 1.82) is 0 Å². The van der Waals surface area contributed by atoms with Gasteiger partial charge in [0, 0.05) is 17.3 Å². The largest absolute Gasteiger partial charge is 0.389 e. The third kappa shape index (κ3) is 3.01. The molecule has 3 atom stereocenters. The average molecular weight is 305 g/mol. The number of aliphatic hydroxyl groups is 1. The van der Waals surface area contributed by atoms with Crippen LogP contribution >= 0.6 is 11.3 Å². The number of nitrogens with zero attached hydrogens (tertiary/aromatic N) is 2. The van der Waals surface area contributed by atoms with Crippen LogP contribution in [0.5, 0.6) is 0 Å². The lowest BCUT2D eigenvalue weighted by molar-refractivity contribution is 0.0400. The van der Waals surface area contributed by atoms with E-state index in [1.165, 1.54) is 11.3 Å². The van der Waals surface area contributed by atoms with E-state index in [1.807, 2.05) is 29.8 Å². The van der Waals surface area contributed by atoms with Gasteiger partial charge in [0.25, 0.3) is 5.91 Å². The fraction of sp³-hybridized carbons (Fsp3) is 0.467. The Morgan fingerprint density at radius 2 is 2.33 bits per heavy atom. The van der Waals surface area contributed by atoms with Crippen LogP contribution in [0.1, 0.15) is 39.9 Å². The normalized spacial score (nSPS) is 25.7. The van der Waals surface area contributed by atoms with Crippen molar-refractivity contribution in [2.75, 3.05) is 0 Å². The van der Waals surface area contributed by atoms with Gasteiger partial charge in [-0.3, -0.25) is 4.79 Å². The van der Waals surface area contributed by atoms with Gasteiger partial charge in [-0.25, -0.2) is 4.98 Å². The summed E-state index contributed by atoms with van der Waals surface area (Å²) < 4.78 is 1.93. The second-order valence-corrected chi connectivity index (χ2v) is 6.78. The van der Waals surface area contributed by atoms with E-state index in [0.717, 1.165) is 24.1 Å². The number of rotatable bonds is 3. The van der Waals surface area contributed by atoms with Crippen molar-refractivity contribution in [1.82, 2.24) is 14.9 Å². The molecule has 1 fully saturated rings. The smallest absolute Gasteiger partial charge is 0.261 e. The Morgan fingerprint density at radius 1 is 1.48 bits per heavy atom. The average Bonchev–Trinajstić information content (AvgIpc) is 3.12. The first-order valence-electron chi connectivity index (χ1n) is 7.18. The maximum Gasteiger partial charge on any atom is 0.261 e. The first-order chi connectivity index (χ1) is 10.1. The molecule has 6 heteroatoms.